The van der Waals surface area contributed by atoms with Crippen LogP contribution in [0.25, 0.3) is 0 Å². The van der Waals surface area contributed by atoms with E-state index in [4.69, 9.17) is 8.92 Å². The van der Waals surface area contributed by atoms with Gasteiger partial charge >= 0.3 is 0 Å². The maximum atomic E-state index is 12.1. The lowest BCUT2D eigenvalue weighted by atomic mass is 10.2. The van der Waals surface area contributed by atoms with Gasteiger partial charge in [0.25, 0.3) is 10.1 Å². The van der Waals surface area contributed by atoms with Crippen LogP contribution < -0.4 is 4.74 Å². The minimum absolute atomic E-state index is 0.0449. The largest absolute Gasteiger partial charge is 0.493 e. The van der Waals surface area contributed by atoms with Crippen LogP contribution in [0.1, 0.15) is 18.1 Å². The summed E-state index contributed by atoms with van der Waals surface area (Å²) in [5, 5.41) is 0. The average Bonchev–Trinajstić information content (AvgIpc) is 2.53. The van der Waals surface area contributed by atoms with Crippen LogP contribution in [-0.4, -0.2) is 21.6 Å². The Labute approximate surface area is 138 Å². The van der Waals surface area contributed by atoms with Crippen molar-refractivity contribution in [2.75, 3.05) is 13.2 Å². The SMILES string of the molecule is Cc1ccc(OCC(C)COS(=O)(=O)c2ccc(C)cc2)cc1. The molecule has 0 N–H and O–H groups in total. The van der Waals surface area contributed by atoms with Gasteiger partial charge in [0.15, 0.2) is 0 Å². The van der Waals surface area contributed by atoms with E-state index in [0.717, 1.165) is 16.9 Å². The molecular formula is C18H22O4S. The first-order chi connectivity index (χ1) is 10.9. The van der Waals surface area contributed by atoms with Crippen LogP contribution in [0.3, 0.4) is 0 Å². The zero-order valence-electron chi connectivity index (χ0n) is 13.7. The van der Waals surface area contributed by atoms with E-state index in [-0.39, 0.29) is 17.4 Å². The van der Waals surface area contributed by atoms with Crippen LogP contribution in [0.4, 0.5) is 0 Å². The standard InChI is InChI=1S/C18H22O4S/c1-14-4-8-17(9-5-14)21-12-16(3)13-22-23(19,20)18-10-6-15(2)7-11-18/h4-11,16H,12-13H2,1-3H3. The summed E-state index contributed by atoms with van der Waals surface area (Å²) in [4.78, 5) is 0.176. The zero-order chi connectivity index (χ0) is 16.9. The molecule has 5 heteroatoms. The first-order valence-corrected chi connectivity index (χ1v) is 8.93. The summed E-state index contributed by atoms with van der Waals surface area (Å²) in [6.07, 6.45) is 0. The molecule has 2 aromatic carbocycles. The van der Waals surface area contributed by atoms with Gasteiger partial charge in [-0.15, -0.1) is 0 Å². The van der Waals surface area contributed by atoms with Crippen LogP contribution in [0, 0.1) is 19.8 Å². The van der Waals surface area contributed by atoms with E-state index in [1.807, 2.05) is 45.0 Å². The van der Waals surface area contributed by atoms with Crippen LogP contribution in [0.15, 0.2) is 53.4 Å². The third kappa shape index (κ3) is 5.37. The van der Waals surface area contributed by atoms with E-state index in [2.05, 4.69) is 0 Å². The first kappa shape index (κ1) is 17.5. The predicted molar refractivity (Wildman–Crippen MR) is 90.2 cm³/mol. The smallest absolute Gasteiger partial charge is 0.296 e. The summed E-state index contributed by atoms with van der Waals surface area (Å²) < 4.78 is 34.9. The van der Waals surface area contributed by atoms with Gasteiger partial charge in [0, 0.05) is 5.92 Å². The van der Waals surface area contributed by atoms with Gasteiger partial charge in [0.2, 0.25) is 0 Å². The maximum Gasteiger partial charge on any atom is 0.296 e. The molecule has 1 atom stereocenters. The zero-order valence-corrected chi connectivity index (χ0v) is 14.5. The number of hydrogen-bond donors (Lipinski definition) is 0. The summed E-state index contributed by atoms with van der Waals surface area (Å²) in [5.74, 6) is 0.723. The molecule has 0 aromatic heterocycles. The Balaban J connectivity index is 1.84. The monoisotopic (exact) mass is 334 g/mol. The number of ether oxygens (including phenoxy) is 1. The highest BCUT2D eigenvalue weighted by Crippen LogP contribution is 2.16. The Morgan fingerprint density at radius 2 is 1.39 bits per heavy atom. The van der Waals surface area contributed by atoms with Gasteiger partial charge in [-0.05, 0) is 38.1 Å². The second-order valence-corrected chi connectivity index (χ2v) is 7.40. The predicted octanol–water partition coefficient (Wildman–Crippen LogP) is 3.72. The molecule has 2 rings (SSSR count). The number of rotatable bonds is 7. The number of hydrogen-bond acceptors (Lipinski definition) is 4. The molecule has 0 heterocycles. The van der Waals surface area contributed by atoms with Gasteiger partial charge in [-0.2, -0.15) is 8.42 Å². The molecule has 0 bridgehead atoms. The lowest BCUT2D eigenvalue weighted by Crippen LogP contribution is -2.18. The quantitative estimate of drug-likeness (QED) is 0.724. The summed E-state index contributed by atoms with van der Waals surface area (Å²) >= 11 is 0. The van der Waals surface area contributed by atoms with E-state index < -0.39 is 10.1 Å². The molecule has 0 amide bonds. The molecule has 0 aliphatic rings. The fourth-order valence-corrected chi connectivity index (χ4v) is 2.92. The minimum Gasteiger partial charge on any atom is -0.493 e. The fourth-order valence-electron chi connectivity index (χ4n) is 1.90. The summed E-state index contributed by atoms with van der Waals surface area (Å²) in [6.45, 7) is 6.28. The molecule has 1 unspecified atom stereocenters. The summed E-state index contributed by atoms with van der Waals surface area (Å²) in [6, 6.07) is 14.3. The molecule has 0 saturated heterocycles. The van der Waals surface area contributed by atoms with E-state index in [0.29, 0.717) is 6.61 Å². The fraction of sp³-hybridized carbons (Fsp3) is 0.333. The summed E-state index contributed by atoms with van der Waals surface area (Å²) in [7, 11) is -3.72. The van der Waals surface area contributed by atoms with Crippen LogP contribution in [0.2, 0.25) is 0 Å². The van der Waals surface area contributed by atoms with Crippen molar-refractivity contribution in [1.29, 1.82) is 0 Å². The molecule has 0 spiro atoms. The average molecular weight is 334 g/mol. The van der Waals surface area contributed by atoms with Crippen molar-refractivity contribution in [3.63, 3.8) is 0 Å². The Morgan fingerprint density at radius 1 is 0.870 bits per heavy atom. The topological polar surface area (TPSA) is 52.6 Å². The van der Waals surface area contributed by atoms with Gasteiger partial charge in [0.1, 0.15) is 5.75 Å². The second-order valence-electron chi connectivity index (χ2n) is 5.78. The van der Waals surface area contributed by atoms with Crippen LogP contribution >= 0.6 is 0 Å². The number of aryl methyl sites for hydroxylation is 2. The third-order valence-electron chi connectivity index (χ3n) is 3.37. The lowest BCUT2D eigenvalue weighted by molar-refractivity contribution is 0.192. The van der Waals surface area contributed by atoms with Crippen molar-refractivity contribution >= 4 is 10.1 Å². The van der Waals surface area contributed by atoms with Crippen molar-refractivity contribution in [2.45, 2.75) is 25.7 Å². The van der Waals surface area contributed by atoms with Crippen LogP contribution in [-0.2, 0) is 14.3 Å². The molecular weight excluding hydrogens is 312 g/mol. The molecule has 0 saturated carbocycles. The molecule has 124 valence electrons. The molecule has 4 nitrogen and oxygen atoms in total. The second kappa shape index (κ2) is 7.62. The van der Waals surface area contributed by atoms with Crippen molar-refractivity contribution in [3.05, 3.63) is 59.7 Å². The maximum absolute atomic E-state index is 12.1. The van der Waals surface area contributed by atoms with Crippen molar-refractivity contribution in [1.82, 2.24) is 0 Å². The summed E-state index contributed by atoms with van der Waals surface area (Å²) in [5.41, 5.74) is 2.17. The molecule has 23 heavy (non-hydrogen) atoms. The Kier molecular flexibility index (Phi) is 5.80. The molecule has 0 radical (unpaired) electrons. The van der Waals surface area contributed by atoms with Crippen molar-refractivity contribution in [3.8, 4) is 5.75 Å². The van der Waals surface area contributed by atoms with Gasteiger partial charge in [-0.3, -0.25) is 4.18 Å². The van der Waals surface area contributed by atoms with Gasteiger partial charge in [-0.25, -0.2) is 0 Å². The molecule has 0 aliphatic carbocycles. The third-order valence-corrected chi connectivity index (χ3v) is 4.67. The Morgan fingerprint density at radius 3 is 1.96 bits per heavy atom. The van der Waals surface area contributed by atoms with Gasteiger partial charge < -0.3 is 4.74 Å². The van der Waals surface area contributed by atoms with Crippen molar-refractivity contribution in [2.24, 2.45) is 5.92 Å². The normalized spacial score (nSPS) is 12.8. The first-order valence-electron chi connectivity index (χ1n) is 7.52. The highest BCUT2D eigenvalue weighted by molar-refractivity contribution is 7.86. The Hall–Kier alpha value is -1.85. The highest BCUT2D eigenvalue weighted by Gasteiger charge is 2.16. The minimum atomic E-state index is -3.72. The van der Waals surface area contributed by atoms with Gasteiger partial charge in [0.05, 0.1) is 18.1 Å². The van der Waals surface area contributed by atoms with E-state index in [9.17, 15) is 8.42 Å². The van der Waals surface area contributed by atoms with Gasteiger partial charge in [-0.1, -0.05) is 42.3 Å². The van der Waals surface area contributed by atoms with E-state index >= 15 is 0 Å². The van der Waals surface area contributed by atoms with E-state index in [1.54, 1.807) is 24.3 Å². The molecule has 0 aliphatic heterocycles. The van der Waals surface area contributed by atoms with Crippen molar-refractivity contribution < 1.29 is 17.3 Å². The molecule has 0 fully saturated rings. The van der Waals surface area contributed by atoms with E-state index in [1.165, 1.54) is 0 Å². The molecule has 2 aromatic rings. The lowest BCUT2D eigenvalue weighted by Gasteiger charge is -2.13. The number of benzene rings is 2. The Bertz CT molecular complexity index is 719. The highest BCUT2D eigenvalue weighted by atomic mass is 32.2. The van der Waals surface area contributed by atoms with Crippen LogP contribution in [0.5, 0.6) is 5.75 Å².